The maximum absolute atomic E-state index is 13.2. The van der Waals surface area contributed by atoms with Crippen molar-refractivity contribution in [1.82, 2.24) is 5.32 Å². The molecule has 160 valence electrons. The third-order valence-corrected chi connectivity index (χ3v) is 9.54. The Balaban J connectivity index is 1.12. The summed E-state index contributed by atoms with van der Waals surface area (Å²) < 4.78 is 5.79. The molecule has 3 atom stereocenters. The number of carbonyl (C=O) groups excluding carboxylic acids is 2. The van der Waals surface area contributed by atoms with Crippen molar-refractivity contribution in [3.63, 3.8) is 0 Å². The average Bonchev–Trinajstić information content (AvgIpc) is 2.57. The quantitative estimate of drug-likeness (QED) is 0.709. The molecule has 8 saturated carbocycles. The molecule has 0 spiro atoms. The summed E-state index contributed by atoms with van der Waals surface area (Å²) in [5, 5.41) is 14.3. The predicted molar refractivity (Wildman–Crippen MR) is 107 cm³/mol. The molecule has 5 heteroatoms. The van der Waals surface area contributed by atoms with Crippen LogP contribution in [0.15, 0.2) is 0 Å². The fourth-order valence-corrected chi connectivity index (χ4v) is 9.42. The number of carbonyl (C=O) groups is 2. The monoisotopic (exact) mass is 401 g/mol. The van der Waals surface area contributed by atoms with Crippen LogP contribution >= 0.6 is 0 Å². The third kappa shape index (κ3) is 2.97. The first-order valence-corrected chi connectivity index (χ1v) is 12.0. The smallest absolute Gasteiger partial charge is 0.312 e. The molecule has 0 aromatic heterocycles. The van der Waals surface area contributed by atoms with Gasteiger partial charge in [0.2, 0.25) is 0 Å². The lowest BCUT2D eigenvalue weighted by Gasteiger charge is -2.58. The van der Waals surface area contributed by atoms with Crippen LogP contribution in [0.2, 0.25) is 0 Å². The molecule has 0 saturated heterocycles. The second-order valence-electron chi connectivity index (χ2n) is 12.2. The Bertz CT molecular complexity index is 696. The fraction of sp³-hybridized carbons (Fsp3) is 0.917. The van der Waals surface area contributed by atoms with E-state index < -0.39 is 17.1 Å². The molecule has 0 unspecified atom stereocenters. The van der Waals surface area contributed by atoms with Crippen LogP contribution < -0.4 is 5.32 Å². The predicted octanol–water partition coefficient (Wildman–Crippen LogP) is 3.33. The van der Waals surface area contributed by atoms with Crippen LogP contribution in [0.25, 0.3) is 0 Å². The molecule has 8 aliphatic carbocycles. The van der Waals surface area contributed by atoms with Crippen LogP contribution in [0.3, 0.4) is 0 Å². The lowest BCUT2D eigenvalue weighted by atomic mass is 9.48. The van der Waals surface area contributed by atoms with Gasteiger partial charge in [0, 0.05) is 5.54 Å². The lowest BCUT2D eigenvalue weighted by Crippen LogP contribution is -2.62. The topological polar surface area (TPSA) is 75.6 Å². The molecule has 0 heterocycles. The summed E-state index contributed by atoms with van der Waals surface area (Å²) in [6.45, 7) is 1.73. The van der Waals surface area contributed by atoms with Gasteiger partial charge in [0.25, 0.3) is 5.91 Å². The van der Waals surface area contributed by atoms with E-state index in [0.29, 0.717) is 18.3 Å². The van der Waals surface area contributed by atoms with Gasteiger partial charge in [-0.15, -0.1) is 0 Å². The van der Waals surface area contributed by atoms with Gasteiger partial charge in [-0.1, -0.05) is 0 Å². The van der Waals surface area contributed by atoms with Gasteiger partial charge in [-0.2, -0.15) is 0 Å². The molecule has 8 rings (SSSR count). The zero-order valence-electron chi connectivity index (χ0n) is 17.6. The van der Waals surface area contributed by atoms with Gasteiger partial charge in [-0.25, -0.2) is 0 Å². The Morgan fingerprint density at radius 3 is 1.90 bits per heavy atom. The fourth-order valence-electron chi connectivity index (χ4n) is 9.42. The molecule has 0 aromatic carbocycles. The number of hydrogen-bond acceptors (Lipinski definition) is 4. The summed E-state index contributed by atoms with van der Waals surface area (Å²) in [6, 6.07) is 0. The number of aliphatic hydroxyl groups is 1. The van der Waals surface area contributed by atoms with E-state index in [2.05, 4.69) is 5.32 Å². The van der Waals surface area contributed by atoms with Crippen molar-refractivity contribution < 1.29 is 19.4 Å². The van der Waals surface area contributed by atoms with Crippen LogP contribution in [-0.4, -0.2) is 34.2 Å². The molecule has 5 nitrogen and oxygen atoms in total. The second kappa shape index (κ2) is 5.99. The van der Waals surface area contributed by atoms with Crippen molar-refractivity contribution >= 4 is 11.9 Å². The maximum atomic E-state index is 13.2. The molecular formula is C24H35NO4. The van der Waals surface area contributed by atoms with E-state index in [-0.39, 0.29) is 17.4 Å². The van der Waals surface area contributed by atoms with Crippen molar-refractivity contribution in [3.05, 3.63) is 0 Å². The van der Waals surface area contributed by atoms with Crippen LogP contribution in [0.1, 0.15) is 84.0 Å². The van der Waals surface area contributed by atoms with Crippen molar-refractivity contribution in [3.8, 4) is 0 Å². The number of hydrogen-bond donors (Lipinski definition) is 2. The minimum atomic E-state index is -0.752. The van der Waals surface area contributed by atoms with Crippen LogP contribution in [0.5, 0.6) is 0 Å². The van der Waals surface area contributed by atoms with Gasteiger partial charge >= 0.3 is 5.97 Å². The average molecular weight is 402 g/mol. The molecule has 29 heavy (non-hydrogen) atoms. The normalized spacial score (nSPS) is 52.4. The van der Waals surface area contributed by atoms with Gasteiger partial charge in [-0.3, -0.25) is 9.59 Å². The molecule has 0 radical (unpaired) electrons. The van der Waals surface area contributed by atoms with Crippen molar-refractivity contribution in [2.75, 3.05) is 0 Å². The maximum Gasteiger partial charge on any atom is 0.312 e. The summed E-state index contributed by atoms with van der Waals surface area (Å²) in [5.74, 6) is 2.82. The minimum Gasteiger partial charge on any atom is -0.452 e. The van der Waals surface area contributed by atoms with Gasteiger partial charge in [-0.05, 0) is 114 Å². The van der Waals surface area contributed by atoms with E-state index in [4.69, 9.17) is 4.74 Å². The van der Waals surface area contributed by atoms with Gasteiger partial charge in [0.05, 0.1) is 11.0 Å². The molecule has 2 N–H and O–H groups in total. The molecule has 0 aromatic rings. The van der Waals surface area contributed by atoms with E-state index in [1.165, 1.54) is 19.3 Å². The second-order valence-corrected chi connectivity index (χ2v) is 12.2. The number of amides is 1. The van der Waals surface area contributed by atoms with Gasteiger partial charge in [0.1, 0.15) is 0 Å². The lowest BCUT2D eigenvalue weighted by molar-refractivity contribution is -0.200. The van der Waals surface area contributed by atoms with Crippen molar-refractivity contribution in [2.45, 2.75) is 101 Å². The summed E-state index contributed by atoms with van der Waals surface area (Å²) in [6.07, 6.45) is 11.6. The highest BCUT2D eigenvalue weighted by molar-refractivity contribution is 5.86. The van der Waals surface area contributed by atoms with E-state index in [1.54, 1.807) is 6.92 Å². The minimum absolute atomic E-state index is 0.0532. The Morgan fingerprint density at radius 1 is 0.862 bits per heavy atom. The Labute approximate surface area is 173 Å². The molecule has 1 amide bonds. The molecule has 8 bridgehead atoms. The first-order valence-electron chi connectivity index (χ1n) is 12.0. The molecular weight excluding hydrogens is 366 g/mol. The SMILES string of the molecule is C[C@@H](OC(=O)C12C[C@H]3C[C@@H](CC(O)(C3)C1)C2)C(=O)NC12CC3CC(CC(C3)C1)C2. The number of nitrogens with one attached hydrogen (secondary N) is 1. The molecule has 0 aliphatic heterocycles. The van der Waals surface area contributed by atoms with Crippen molar-refractivity contribution in [2.24, 2.45) is 35.0 Å². The number of rotatable bonds is 4. The Morgan fingerprint density at radius 2 is 1.38 bits per heavy atom. The van der Waals surface area contributed by atoms with E-state index in [0.717, 1.165) is 69.1 Å². The largest absolute Gasteiger partial charge is 0.452 e. The zero-order chi connectivity index (χ0) is 20.0. The Hall–Kier alpha value is -1.10. The summed E-state index contributed by atoms with van der Waals surface area (Å²) in [5.41, 5.74) is -1.30. The van der Waals surface area contributed by atoms with Gasteiger partial charge in [0.15, 0.2) is 6.10 Å². The number of ether oxygens (including phenoxy) is 1. The summed E-state index contributed by atoms with van der Waals surface area (Å²) in [7, 11) is 0. The highest BCUT2D eigenvalue weighted by Gasteiger charge is 2.61. The number of esters is 1. The van der Waals surface area contributed by atoms with Crippen LogP contribution in [0, 0.1) is 35.0 Å². The standard InChI is InChI=1S/C24H35NO4/c1-14(20(26)25-23-8-15-2-16(9-23)4-17(3-15)10-23)29-21(27)22-6-18-5-19(7-22)12-24(28,11-18)13-22/h14-19,28H,2-13H2,1H3,(H,25,26)/t14-,15?,16?,17?,18-,19-,22?,23?,24?/m1/s1. The van der Waals surface area contributed by atoms with E-state index in [9.17, 15) is 14.7 Å². The zero-order valence-corrected chi connectivity index (χ0v) is 17.6. The third-order valence-electron chi connectivity index (χ3n) is 9.54. The summed E-state index contributed by atoms with van der Waals surface area (Å²) in [4.78, 5) is 26.2. The highest BCUT2D eigenvalue weighted by Crippen LogP contribution is 2.62. The highest BCUT2D eigenvalue weighted by atomic mass is 16.5. The van der Waals surface area contributed by atoms with Crippen LogP contribution in [0.4, 0.5) is 0 Å². The first kappa shape index (κ1) is 18.7. The summed E-state index contributed by atoms with van der Waals surface area (Å²) >= 11 is 0. The Kier molecular flexibility index (Phi) is 3.85. The molecule has 8 fully saturated rings. The molecule has 8 aliphatic rings. The first-order chi connectivity index (χ1) is 13.7. The van der Waals surface area contributed by atoms with E-state index in [1.807, 2.05) is 0 Å². The van der Waals surface area contributed by atoms with E-state index >= 15 is 0 Å². The van der Waals surface area contributed by atoms with Crippen molar-refractivity contribution in [1.29, 1.82) is 0 Å². The van der Waals surface area contributed by atoms with Crippen LogP contribution in [-0.2, 0) is 14.3 Å². The van der Waals surface area contributed by atoms with Gasteiger partial charge < -0.3 is 15.2 Å².